The van der Waals surface area contributed by atoms with Gasteiger partial charge in [-0.15, -0.1) is 0 Å². The molecular weight excluding hydrogens is 180 g/mol. The predicted molar refractivity (Wildman–Crippen MR) is 54.5 cm³/mol. The molecule has 0 saturated heterocycles. The lowest BCUT2D eigenvalue weighted by molar-refractivity contribution is 0.0247. The van der Waals surface area contributed by atoms with Crippen LogP contribution in [0.25, 0.3) is 0 Å². The lowest BCUT2D eigenvalue weighted by atomic mass is 10.2. The molecule has 4 heteroatoms. The van der Waals surface area contributed by atoms with E-state index in [-0.39, 0.29) is 18.1 Å². The van der Waals surface area contributed by atoms with Gasteiger partial charge in [-0.3, -0.25) is 9.80 Å². The quantitative estimate of drug-likeness (QED) is 0.728. The van der Waals surface area contributed by atoms with Crippen molar-refractivity contribution < 1.29 is 9.90 Å². The summed E-state index contributed by atoms with van der Waals surface area (Å²) in [5, 5.41) is 9.60. The van der Waals surface area contributed by atoms with Crippen molar-refractivity contribution in [3.05, 3.63) is 12.3 Å². The van der Waals surface area contributed by atoms with E-state index in [1.807, 2.05) is 27.7 Å². The Labute approximate surface area is 84.8 Å². The van der Waals surface area contributed by atoms with Crippen LogP contribution in [-0.4, -0.2) is 39.2 Å². The summed E-state index contributed by atoms with van der Waals surface area (Å²) in [6, 6.07) is -0.0128. The third-order valence-electron chi connectivity index (χ3n) is 2.26. The number of hydrogen-bond donors (Lipinski definition) is 1. The average Bonchev–Trinajstić information content (AvgIpc) is 2.02. The van der Waals surface area contributed by atoms with Crippen LogP contribution in [0.15, 0.2) is 12.3 Å². The Morgan fingerprint density at radius 3 is 2.29 bits per heavy atom. The molecule has 1 unspecified atom stereocenters. The van der Waals surface area contributed by atoms with E-state index in [4.69, 9.17) is 0 Å². The van der Waals surface area contributed by atoms with Gasteiger partial charge in [0, 0.05) is 18.3 Å². The molecular formula is C10H18N2O2. The first-order valence-electron chi connectivity index (χ1n) is 4.92. The number of carbonyl (C=O) groups excluding carboxylic acids is 1. The van der Waals surface area contributed by atoms with E-state index in [0.29, 0.717) is 0 Å². The maximum absolute atomic E-state index is 11.9. The second-order valence-corrected chi connectivity index (χ2v) is 4.04. The molecule has 2 amide bonds. The SMILES string of the molecule is CC(C)N1C=CC(O)N(C(C)C)C1=O. The number of carbonyl (C=O) groups is 1. The van der Waals surface area contributed by atoms with Gasteiger partial charge in [0.25, 0.3) is 0 Å². The highest BCUT2D eigenvalue weighted by Gasteiger charge is 2.31. The molecule has 0 bridgehead atoms. The van der Waals surface area contributed by atoms with Crippen molar-refractivity contribution >= 4 is 6.03 Å². The number of nitrogens with zero attached hydrogens (tertiary/aromatic N) is 2. The van der Waals surface area contributed by atoms with Crippen molar-refractivity contribution in [3.63, 3.8) is 0 Å². The van der Waals surface area contributed by atoms with Gasteiger partial charge in [-0.1, -0.05) is 0 Å². The zero-order chi connectivity index (χ0) is 10.9. The highest BCUT2D eigenvalue weighted by Crippen LogP contribution is 2.17. The first-order chi connectivity index (χ1) is 6.45. The van der Waals surface area contributed by atoms with E-state index >= 15 is 0 Å². The molecule has 0 spiro atoms. The minimum atomic E-state index is -0.794. The van der Waals surface area contributed by atoms with E-state index in [0.717, 1.165) is 0 Å². The number of hydrogen-bond acceptors (Lipinski definition) is 2. The van der Waals surface area contributed by atoms with Gasteiger partial charge in [-0.05, 0) is 33.8 Å². The second-order valence-electron chi connectivity index (χ2n) is 4.04. The number of aliphatic hydroxyl groups excluding tert-OH is 1. The molecule has 1 aliphatic rings. The average molecular weight is 198 g/mol. The van der Waals surface area contributed by atoms with Crippen molar-refractivity contribution in [2.45, 2.75) is 46.0 Å². The molecule has 14 heavy (non-hydrogen) atoms. The molecule has 1 N–H and O–H groups in total. The summed E-state index contributed by atoms with van der Waals surface area (Å²) >= 11 is 0. The Hall–Kier alpha value is -1.03. The molecule has 1 heterocycles. The minimum absolute atomic E-state index is 0.00343. The van der Waals surface area contributed by atoms with Gasteiger partial charge in [0.05, 0.1) is 0 Å². The van der Waals surface area contributed by atoms with Gasteiger partial charge in [0.1, 0.15) is 0 Å². The lowest BCUT2D eigenvalue weighted by Gasteiger charge is -2.38. The predicted octanol–water partition coefficient (Wildman–Crippen LogP) is 1.37. The third kappa shape index (κ3) is 1.90. The van der Waals surface area contributed by atoms with E-state index in [1.165, 1.54) is 4.90 Å². The van der Waals surface area contributed by atoms with E-state index in [1.54, 1.807) is 17.2 Å². The van der Waals surface area contributed by atoms with Gasteiger partial charge < -0.3 is 5.11 Å². The van der Waals surface area contributed by atoms with Crippen LogP contribution in [0.5, 0.6) is 0 Å². The first-order valence-corrected chi connectivity index (χ1v) is 4.92. The molecule has 80 valence electrons. The molecule has 0 aliphatic carbocycles. The summed E-state index contributed by atoms with van der Waals surface area (Å²) in [4.78, 5) is 14.9. The van der Waals surface area contributed by atoms with Gasteiger partial charge >= 0.3 is 6.03 Å². The van der Waals surface area contributed by atoms with E-state index < -0.39 is 6.23 Å². The fraction of sp³-hybridized carbons (Fsp3) is 0.700. The lowest BCUT2D eigenvalue weighted by Crippen LogP contribution is -2.53. The Balaban J connectivity index is 2.90. The summed E-state index contributed by atoms with van der Waals surface area (Å²) in [5.41, 5.74) is 0. The fourth-order valence-corrected chi connectivity index (χ4v) is 1.49. The standard InChI is InChI=1S/C10H18N2O2/c1-7(2)11-6-5-9(13)12(8(3)4)10(11)14/h5-9,13H,1-4H3. The smallest absolute Gasteiger partial charge is 0.326 e. The van der Waals surface area contributed by atoms with Crippen molar-refractivity contribution in [1.82, 2.24) is 9.80 Å². The van der Waals surface area contributed by atoms with E-state index in [2.05, 4.69) is 0 Å². The number of rotatable bonds is 2. The molecule has 0 aromatic carbocycles. The fourth-order valence-electron chi connectivity index (χ4n) is 1.49. The maximum atomic E-state index is 11.9. The van der Waals surface area contributed by atoms with Crippen LogP contribution in [0.3, 0.4) is 0 Å². The molecule has 0 fully saturated rings. The first kappa shape index (κ1) is 11.0. The monoisotopic (exact) mass is 198 g/mol. The van der Waals surface area contributed by atoms with Crippen LogP contribution in [-0.2, 0) is 0 Å². The Bertz CT molecular complexity index is 249. The Morgan fingerprint density at radius 2 is 1.86 bits per heavy atom. The number of amides is 2. The van der Waals surface area contributed by atoms with Crippen LogP contribution in [0.1, 0.15) is 27.7 Å². The molecule has 4 nitrogen and oxygen atoms in total. The summed E-state index contributed by atoms with van der Waals surface area (Å²) in [6.45, 7) is 7.66. The minimum Gasteiger partial charge on any atom is -0.370 e. The molecule has 0 aromatic rings. The molecule has 0 radical (unpaired) electrons. The summed E-state index contributed by atoms with van der Waals surface area (Å²) in [7, 11) is 0. The maximum Gasteiger partial charge on any atom is 0.326 e. The largest absolute Gasteiger partial charge is 0.370 e. The highest BCUT2D eigenvalue weighted by atomic mass is 16.3. The summed E-state index contributed by atoms with van der Waals surface area (Å²) in [6.07, 6.45) is 2.48. The zero-order valence-corrected chi connectivity index (χ0v) is 9.14. The van der Waals surface area contributed by atoms with Crippen LogP contribution >= 0.6 is 0 Å². The van der Waals surface area contributed by atoms with Crippen molar-refractivity contribution in [1.29, 1.82) is 0 Å². The van der Waals surface area contributed by atoms with Gasteiger partial charge in [0.2, 0.25) is 0 Å². The molecule has 1 rings (SSSR count). The van der Waals surface area contributed by atoms with E-state index in [9.17, 15) is 9.90 Å². The van der Waals surface area contributed by atoms with Crippen LogP contribution < -0.4 is 0 Å². The number of urea groups is 1. The molecule has 0 saturated carbocycles. The molecule has 1 atom stereocenters. The van der Waals surface area contributed by atoms with Gasteiger partial charge in [-0.2, -0.15) is 0 Å². The highest BCUT2D eigenvalue weighted by molar-refractivity contribution is 5.77. The molecule has 1 aliphatic heterocycles. The van der Waals surface area contributed by atoms with Crippen molar-refractivity contribution in [2.24, 2.45) is 0 Å². The Morgan fingerprint density at radius 1 is 1.29 bits per heavy atom. The van der Waals surface area contributed by atoms with Crippen LogP contribution in [0.4, 0.5) is 4.79 Å². The third-order valence-corrected chi connectivity index (χ3v) is 2.26. The van der Waals surface area contributed by atoms with Gasteiger partial charge in [-0.25, -0.2) is 4.79 Å². The second kappa shape index (κ2) is 4.00. The normalized spacial score (nSPS) is 22.8. The van der Waals surface area contributed by atoms with Crippen LogP contribution in [0.2, 0.25) is 0 Å². The van der Waals surface area contributed by atoms with Crippen molar-refractivity contribution in [3.8, 4) is 0 Å². The zero-order valence-electron chi connectivity index (χ0n) is 9.14. The van der Waals surface area contributed by atoms with Crippen molar-refractivity contribution in [2.75, 3.05) is 0 Å². The number of aliphatic hydroxyl groups is 1. The summed E-state index contributed by atoms with van der Waals surface area (Å²) in [5.74, 6) is 0. The summed E-state index contributed by atoms with van der Waals surface area (Å²) < 4.78 is 0. The topological polar surface area (TPSA) is 43.8 Å². The Kier molecular flexibility index (Phi) is 3.16. The molecule has 0 aromatic heterocycles. The van der Waals surface area contributed by atoms with Gasteiger partial charge in [0.15, 0.2) is 6.23 Å². The van der Waals surface area contributed by atoms with Crippen LogP contribution in [0, 0.1) is 0 Å².